The fourth-order valence-electron chi connectivity index (χ4n) is 2.40. The van der Waals surface area contributed by atoms with Gasteiger partial charge in [-0.25, -0.2) is 4.98 Å². The molecule has 4 heteroatoms. The van der Waals surface area contributed by atoms with Crippen LogP contribution in [-0.2, 0) is 6.42 Å². The fourth-order valence-corrected chi connectivity index (χ4v) is 3.32. The zero-order valence-corrected chi connectivity index (χ0v) is 11.6. The molecule has 1 atom stereocenters. The Morgan fingerprint density at radius 3 is 2.68 bits per heavy atom. The highest BCUT2D eigenvalue weighted by Gasteiger charge is 2.43. The molecule has 0 radical (unpaired) electrons. The Labute approximate surface area is 117 Å². The number of rotatable bonds is 5. The van der Waals surface area contributed by atoms with Gasteiger partial charge in [0.25, 0.3) is 0 Å². The van der Waals surface area contributed by atoms with Gasteiger partial charge in [0, 0.05) is 23.9 Å². The summed E-state index contributed by atoms with van der Waals surface area (Å²) in [6.45, 7) is 0.317. The fraction of sp³-hybridized carbons (Fsp3) is 0.400. The van der Waals surface area contributed by atoms with Gasteiger partial charge in [0.2, 0.25) is 0 Å². The molecule has 0 aliphatic heterocycles. The highest BCUT2D eigenvalue weighted by Crippen LogP contribution is 2.41. The van der Waals surface area contributed by atoms with E-state index in [4.69, 9.17) is 5.73 Å². The van der Waals surface area contributed by atoms with Crippen molar-refractivity contribution < 1.29 is 5.11 Å². The summed E-state index contributed by atoms with van der Waals surface area (Å²) < 4.78 is 0. The lowest BCUT2D eigenvalue weighted by Gasteiger charge is -2.25. The molecule has 0 amide bonds. The number of hydrogen-bond donors (Lipinski definition) is 2. The van der Waals surface area contributed by atoms with Gasteiger partial charge in [-0.05, 0) is 18.8 Å². The van der Waals surface area contributed by atoms with Gasteiger partial charge in [0.1, 0.15) is 0 Å². The van der Waals surface area contributed by atoms with E-state index in [2.05, 4.69) is 22.5 Å². The Morgan fingerprint density at radius 2 is 2.05 bits per heavy atom. The molecule has 1 saturated carbocycles. The third-order valence-electron chi connectivity index (χ3n) is 3.77. The van der Waals surface area contributed by atoms with Crippen LogP contribution in [0.25, 0.3) is 11.3 Å². The topological polar surface area (TPSA) is 59.1 Å². The largest absolute Gasteiger partial charge is 0.388 e. The second kappa shape index (κ2) is 5.04. The molecule has 1 aliphatic carbocycles. The number of nitrogens with two attached hydrogens (primary N) is 1. The molecule has 1 aliphatic rings. The first-order chi connectivity index (χ1) is 9.21. The SMILES string of the molecule is NCC(O)(Cc1nc(-c2ccccc2)cs1)C1CC1. The van der Waals surface area contributed by atoms with Crippen LogP contribution < -0.4 is 5.73 Å². The molecular weight excluding hydrogens is 256 g/mol. The van der Waals surface area contributed by atoms with Crippen LogP contribution in [-0.4, -0.2) is 22.2 Å². The minimum atomic E-state index is -0.758. The van der Waals surface area contributed by atoms with Crippen molar-refractivity contribution in [2.24, 2.45) is 11.7 Å². The molecule has 3 N–H and O–H groups in total. The maximum absolute atomic E-state index is 10.5. The van der Waals surface area contributed by atoms with Crippen LogP contribution in [0.3, 0.4) is 0 Å². The third kappa shape index (κ3) is 2.71. The lowest BCUT2D eigenvalue weighted by Crippen LogP contribution is -2.42. The first kappa shape index (κ1) is 12.8. The van der Waals surface area contributed by atoms with Crippen LogP contribution in [0, 0.1) is 5.92 Å². The number of hydrogen-bond acceptors (Lipinski definition) is 4. The summed E-state index contributed by atoms with van der Waals surface area (Å²) in [6, 6.07) is 10.1. The van der Waals surface area contributed by atoms with Crippen molar-refractivity contribution in [2.75, 3.05) is 6.54 Å². The van der Waals surface area contributed by atoms with Gasteiger partial charge in [0.15, 0.2) is 0 Å². The molecule has 0 spiro atoms. The lowest BCUT2D eigenvalue weighted by atomic mass is 9.94. The average molecular weight is 274 g/mol. The second-order valence-electron chi connectivity index (χ2n) is 5.25. The highest BCUT2D eigenvalue weighted by atomic mass is 32.1. The molecule has 3 rings (SSSR count). The standard InChI is InChI=1S/C15H18N2OS/c16-10-15(18,12-6-7-12)8-14-17-13(9-19-14)11-4-2-1-3-5-11/h1-5,9,12,18H,6-8,10,16H2. The molecule has 0 bridgehead atoms. The Balaban J connectivity index is 1.78. The molecule has 1 fully saturated rings. The molecule has 1 heterocycles. The molecule has 2 aromatic rings. The summed E-state index contributed by atoms with van der Waals surface area (Å²) >= 11 is 1.61. The summed E-state index contributed by atoms with van der Waals surface area (Å²) in [4.78, 5) is 4.63. The number of nitrogens with zero attached hydrogens (tertiary/aromatic N) is 1. The van der Waals surface area contributed by atoms with E-state index in [0.717, 1.165) is 29.1 Å². The molecule has 100 valence electrons. The van der Waals surface area contributed by atoms with Crippen LogP contribution in [0.1, 0.15) is 17.8 Å². The molecule has 1 unspecified atom stereocenters. The van der Waals surface area contributed by atoms with Crippen molar-refractivity contribution >= 4 is 11.3 Å². The van der Waals surface area contributed by atoms with E-state index in [1.54, 1.807) is 11.3 Å². The predicted octanol–water partition coefficient (Wildman–Crippen LogP) is 2.45. The Bertz CT molecular complexity index is 550. The van der Waals surface area contributed by atoms with Gasteiger partial charge in [0.05, 0.1) is 16.3 Å². The first-order valence-corrected chi connectivity index (χ1v) is 7.51. The third-order valence-corrected chi connectivity index (χ3v) is 4.62. The summed E-state index contributed by atoms with van der Waals surface area (Å²) in [5.74, 6) is 0.363. The van der Waals surface area contributed by atoms with Gasteiger partial charge in [-0.1, -0.05) is 30.3 Å². The van der Waals surface area contributed by atoms with E-state index in [0.29, 0.717) is 18.9 Å². The van der Waals surface area contributed by atoms with E-state index in [-0.39, 0.29) is 0 Å². The summed E-state index contributed by atoms with van der Waals surface area (Å²) in [7, 11) is 0. The van der Waals surface area contributed by atoms with Gasteiger partial charge in [-0.15, -0.1) is 11.3 Å². The highest BCUT2D eigenvalue weighted by molar-refractivity contribution is 7.09. The van der Waals surface area contributed by atoms with E-state index in [9.17, 15) is 5.11 Å². The average Bonchev–Trinajstić information content (AvgIpc) is 3.21. The van der Waals surface area contributed by atoms with Crippen molar-refractivity contribution in [3.63, 3.8) is 0 Å². The minimum absolute atomic E-state index is 0.317. The van der Waals surface area contributed by atoms with E-state index >= 15 is 0 Å². The predicted molar refractivity (Wildman–Crippen MR) is 78.0 cm³/mol. The monoisotopic (exact) mass is 274 g/mol. The van der Waals surface area contributed by atoms with Crippen molar-refractivity contribution in [3.8, 4) is 11.3 Å². The van der Waals surface area contributed by atoms with Crippen molar-refractivity contribution in [2.45, 2.75) is 24.9 Å². The van der Waals surface area contributed by atoms with Crippen molar-refractivity contribution in [1.29, 1.82) is 0 Å². The number of thiazole rings is 1. The number of aliphatic hydroxyl groups is 1. The normalized spacial score (nSPS) is 18.2. The molecule has 3 nitrogen and oxygen atoms in total. The van der Waals surface area contributed by atoms with Gasteiger partial charge in [-0.2, -0.15) is 0 Å². The maximum Gasteiger partial charge on any atom is 0.0961 e. The Morgan fingerprint density at radius 1 is 1.32 bits per heavy atom. The Kier molecular flexibility index (Phi) is 3.39. The van der Waals surface area contributed by atoms with Crippen molar-refractivity contribution in [3.05, 3.63) is 40.7 Å². The van der Waals surface area contributed by atoms with Crippen LogP contribution >= 0.6 is 11.3 Å². The molecule has 1 aromatic carbocycles. The molecule has 19 heavy (non-hydrogen) atoms. The molecule has 1 aromatic heterocycles. The Hall–Kier alpha value is -1.23. The quantitative estimate of drug-likeness (QED) is 0.880. The molecule has 0 saturated heterocycles. The van der Waals surface area contributed by atoms with Crippen LogP contribution in [0.2, 0.25) is 0 Å². The van der Waals surface area contributed by atoms with Gasteiger partial charge < -0.3 is 10.8 Å². The van der Waals surface area contributed by atoms with E-state index in [1.807, 2.05) is 18.2 Å². The maximum atomic E-state index is 10.5. The zero-order chi connectivity index (χ0) is 13.3. The first-order valence-electron chi connectivity index (χ1n) is 6.63. The minimum Gasteiger partial charge on any atom is -0.388 e. The summed E-state index contributed by atoms with van der Waals surface area (Å²) in [6.07, 6.45) is 2.75. The van der Waals surface area contributed by atoms with Crippen molar-refractivity contribution in [1.82, 2.24) is 4.98 Å². The van der Waals surface area contributed by atoms with Gasteiger partial charge in [-0.3, -0.25) is 0 Å². The number of benzene rings is 1. The van der Waals surface area contributed by atoms with Gasteiger partial charge >= 0.3 is 0 Å². The summed E-state index contributed by atoms with van der Waals surface area (Å²) in [5.41, 5.74) is 7.08. The summed E-state index contributed by atoms with van der Waals surface area (Å²) in [5, 5.41) is 13.6. The number of aromatic nitrogens is 1. The van der Waals surface area contributed by atoms with E-state index in [1.165, 1.54) is 0 Å². The zero-order valence-electron chi connectivity index (χ0n) is 10.7. The van der Waals surface area contributed by atoms with Crippen LogP contribution in [0.15, 0.2) is 35.7 Å². The lowest BCUT2D eigenvalue weighted by molar-refractivity contribution is 0.0267. The molecular formula is C15H18N2OS. The van der Waals surface area contributed by atoms with E-state index < -0.39 is 5.60 Å². The smallest absolute Gasteiger partial charge is 0.0961 e. The van der Waals surface area contributed by atoms with Crippen LogP contribution in [0.5, 0.6) is 0 Å². The second-order valence-corrected chi connectivity index (χ2v) is 6.19. The van der Waals surface area contributed by atoms with Crippen LogP contribution in [0.4, 0.5) is 0 Å².